The van der Waals surface area contributed by atoms with Crippen LogP contribution in [0.3, 0.4) is 0 Å². The number of H-pyrrole nitrogens is 1. The first-order chi connectivity index (χ1) is 19.0. The summed E-state index contributed by atoms with van der Waals surface area (Å²) in [5, 5.41) is 2.96. The number of nitrogens with zero attached hydrogens (tertiary/aromatic N) is 1. The lowest BCUT2D eigenvalue weighted by atomic mass is 10.0. The van der Waals surface area contributed by atoms with Crippen molar-refractivity contribution in [3.63, 3.8) is 0 Å². The molecule has 0 aliphatic rings. The highest BCUT2D eigenvalue weighted by atomic mass is 32.2. The maximum absolute atomic E-state index is 13.2. The molecule has 9 heteroatoms. The number of aromatic amines is 1. The number of hydrogen-bond acceptors (Lipinski definition) is 5. The lowest BCUT2D eigenvalue weighted by molar-refractivity contribution is 0.0943. The summed E-state index contributed by atoms with van der Waals surface area (Å²) in [5.41, 5.74) is 2.54. The smallest absolute Gasteiger partial charge is 0.261 e. The molecule has 4 aromatic rings. The Morgan fingerprint density at radius 1 is 0.950 bits per heavy atom. The Labute approximate surface area is 235 Å². The Kier molecular flexibility index (Phi) is 9.07. The third-order valence-corrected chi connectivity index (χ3v) is 8.26. The average Bonchev–Trinajstić information content (AvgIpc) is 2.93. The fourth-order valence-corrected chi connectivity index (χ4v) is 5.51. The van der Waals surface area contributed by atoms with E-state index < -0.39 is 21.4 Å². The van der Waals surface area contributed by atoms with Crippen molar-refractivity contribution in [2.45, 2.75) is 51.1 Å². The van der Waals surface area contributed by atoms with E-state index in [9.17, 15) is 18.0 Å². The van der Waals surface area contributed by atoms with Crippen molar-refractivity contribution in [2.75, 3.05) is 17.8 Å². The van der Waals surface area contributed by atoms with Crippen LogP contribution in [0, 0.1) is 0 Å². The molecule has 40 heavy (non-hydrogen) atoms. The standard InChI is InChI=1S/C31H36N4O4S/c1-21(2)24-10-12-25(13-11-24)34-40(38,39)26-14-15-29-27(18-26)30(36)28(19-33-29)31(37)32-16-17-35(22(3)4)20-23-8-6-5-7-9-23/h5-15,18-19,21-22,34H,16-17,20H2,1-4H3,(H,32,37)(H,33,36). The highest BCUT2D eigenvalue weighted by molar-refractivity contribution is 7.92. The van der Waals surface area contributed by atoms with E-state index in [2.05, 4.69) is 59.8 Å². The van der Waals surface area contributed by atoms with E-state index in [-0.39, 0.29) is 21.9 Å². The number of rotatable bonds is 11. The molecule has 0 spiro atoms. The molecule has 1 heterocycles. The zero-order chi connectivity index (χ0) is 28.9. The predicted molar refractivity (Wildman–Crippen MR) is 160 cm³/mol. The molecule has 3 N–H and O–H groups in total. The first-order valence-electron chi connectivity index (χ1n) is 13.4. The lowest BCUT2D eigenvalue weighted by Gasteiger charge is -2.26. The summed E-state index contributed by atoms with van der Waals surface area (Å²) in [5.74, 6) is -0.184. The summed E-state index contributed by atoms with van der Waals surface area (Å²) < 4.78 is 28.7. The van der Waals surface area contributed by atoms with Crippen LogP contribution in [0.5, 0.6) is 0 Å². The number of anilines is 1. The molecule has 210 valence electrons. The monoisotopic (exact) mass is 560 g/mol. The third-order valence-electron chi connectivity index (χ3n) is 6.88. The minimum atomic E-state index is -3.95. The molecule has 8 nitrogen and oxygen atoms in total. The maximum Gasteiger partial charge on any atom is 0.261 e. The van der Waals surface area contributed by atoms with Crippen LogP contribution in [0.4, 0.5) is 5.69 Å². The maximum atomic E-state index is 13.2. The molecule has 0 saturated heterocycles. The Morgan fingerprint density at radius 3 is 2.30 bits per heavy atom. The summed E-state index contributed by atoms with van der Waals surface area (Å²) >= 11 is 0. The van der Waals surface area contributed by atoms with Crippen LogP contribution in [0.2, 0.25) is 0 Å². The van der Waals surface area contributed by atoms with E-state index >= 15 is 0 Å². The van der Waals surface area contributed by atoms with Gasteiger partial charge in [-0.15, -0.1) is 0 Å². The number of aromatic nitrogens is 1. The summed E-state index contributed by atoms with van der Waals surface area (Å²) in [6.07, 6.45) is 1.37. The fraction of sp³-hybridized carbons (Fsp3) is 0.290. The van der Waals surface area contributed by atoms with E-state index in [0.29, 0.717) is 30.2 Å². The number of pyridine rings is 1. The lowest BCUT2D eigenvalue weighted by Crippen LogP contribution is -2.39. The second-order valence-corrected chi connectivity index (χ2v) is 12.1. The third kappa shape index (κ3) is 6.97. The topological polar surface area (TPSA) is 111 Å². The van der Waals surface area contributed by atoms with Crippen molar-refractivity contribution in [2.24, 2.45) is 0 Å². The quantitative estimate of drug-likeness (QED) is 0.237. The van der Waals surface area contributed by atoms with Crippen LogP contribution in [-0.2, 0) is 16.6 Å². The number of amides is 1. The molecule has 1 aromatic heterocycles. The molecule has 0 fully saturated rings. The zero-order valence-corrected chi connectivity index (χ0v) is 24.1. The predicted octanol–water partition coefficient (Wildman–Crippen LogP) is 5.09. The van der Waals surface area contributed by atoms with Gasteiger partial charge in [-0.2, -0.15) is 0 Å². The summed E-state index contributed by atoms with van der Waals surface area (Å²) in [4.78, 5) is 31.3. The molecule has 3 aromatic carbocycles. The molecule has 0 saturated carbocycles. The largest absolute Gasteiger partial charge is 0.360 e. The first kappa shape index (κ1) is 29.0. The van der Waals surface area contributed by atoms with E-state index in [1.54, 1.807) is 12.1 Å². The molecular formula is C31H36N4O4S. The molecule has 0 radical (unpaired) electrons. The minimum Gasteiger partial charge on any atom is -0.360 e. The van der Waals surface area contributed by atoms with Crippen molar-refractivity contribution < 1.29 is 13.2 Å². The Hall–Kier alpha value is -3.95. The van der Waals surface area contributed by atoms with Crippen LogP contribution < -0.4 is 15.5 Å². The SMILES string of the molecule is CC(C)c1ccc(NS(=O)(=O)c2ccc3[nH]cc(C(=O)NCCN(Cc4ccccc4)C(C)C)c(=O)c3c2)cc1. The van der Waals surface area contributed by atoms with Gasteiger partial charge in [0.05, 0.1) is 4.90 Å². The number of carbonyl (C=O) groups is 1. The number of benzene rings is 3. The minimum absolute atomic E-state index is 0.0653. The highest BCUT2D eigenvalue weighted by Crippen LogP contribution is 2.22. The van der Waals surface area contributed by atoms with Gasteiger partial charge in [0.25, 0.3) is 15.9 Å². The number of fused-ring (bicyclic) bond motifs is 1. The van der Waals surface area contributed by atoms with Gasteiger partial charge in [-0.05, 0) is 61.2 Å². The van der Waals surface area contributed by atoms with Gasteiger partial charge in [-0.25, -0.2) is 8.42 Å². The van der Waals surface area contributed by atoms with E-state index in [1.807, 2.05) is 30.3 Å². The Bertz CT molecular complexity index is 1630. The first-order valence-corrected chi connectivity index (χ1v) is 14.9. The van der Waals surface area contributed by atoms with Gasteiger partial charge in [0.15, 0.2) is 0 Å². The molecule has 0 bridgehead atoms. The van der Waals surface area contributed by atoms with E-state index in [4.69, 9.17) is 0 Å². The number of carbonyl (C=O) groups excluding carboxylic acids is 1. The molecule has 0 aliphatic heterocycles. The van der Waals surface area contributed by atoms with Gasteiger partial charge in [0.1, 0.15) is 5.56 Å². The molecule has 0 unspecified atom stereocenters. The Morgan fingerprint density at radius 2 is 1.65 bits per heavy atom. The van der Waals surface area contributed by atoms with Gasteiger partial charge in [0.2, 0.25) is 5.43 Å². The van der Waals surface area contributed by atoms with Crippen LogP contribution in [0.25, 0.3) is 10.9 Å². The van der Waals surface area contributed by atoms with Crippen molar-refractivity contribution in [3.05, 3.63) is 106 Å². The normalized spacial score (nSPS) is 11.9. The van der Waals surface area contributed by atoms with Gasteiger partial charge in [-0.1, -0.05) is 56.3 Å². The van der Waals surface area contributed by atoms with Crippen LogP contribution in [-0.4, -0.2) is 43.3 Å². The van der Waals surface area contributed by atoms with Gasteiger partial charge < -0.3 is 10.3 Å². The highest BCUT2D eigenvalue weighted by Gasteiger charge is 2.19. The average molecular weight is 561 g/mol. The second kappa shape index (κ2) is 12.5. The fourth-order valence-electron chi connectivity index (χ4n) is 4.43. The number of sulfonamides is 1. The molecule has 0 atom stereocenters. The number of hydrogen-bond donors (Lipinski definition) is 3. The summed E-state index contributed by atoms with van der Waals surface area (Å²) in [6, 6.07) is 21.8. The van der Waals surface area contributed by atoms with Crippen LogP contribution >= 0.6 is 0 Å². The van der Waals surface area contributed by atoms with E-state index in [0.717, 1.165) is 12.1 Å². The van der Waals surface area contributed by atoms with Gasteiger partial charge in [0, 0.05) is 48.5 Å². The second-order valence-electron chi connectivity index (χ2n) is 10.4. The van der Waals surface area contributed by atoms with Gasteiger partial charge >= 0.3 is 0 Å². The van der Waals surface area contributed by atoms with Crippen LogP contribution in [0.15, 0.2) is 88.7 Å². The van der Waals surface area contributed by atoms with Crippen molar-refractivity contribution in [3.8, 4) is 0 Å². The molecule has 4 rings (SSSR count). The van der Waals surface area contributed by atoms with E-state index in [1.165, 1.54) is 30.0 Å². The summed E-state index contributed by atoms with van der Waals surface area (Å²) in [7, 11) is -3.95. The van der Waals surface area contributed by atoms with Gasteiger partial charge in [-0.3, -0.25) is 19.2 Å². The van der Waals surface area contributed by atoms with Crippen LogP contribution in [0.1, 0.15) is 55.1 Å². The van der Waals surface area contributed by atoms with Crippen molar-refractivity contribution in [1.29, 1.82) is 0 Å². The van der Waals surface area contributed by atoms with Crippen molar-refractivity contribution >= 4 is 32.5 Å². The molecular weight excluding hydrogens is 524 g/mol. The molecule has 0 aliphatic carbocycles. The molecule has 1 amide bonds. The number of nitrogens with one attached hydrogen (secondary N) is 3. The summed E-state index contributed by atoms with van der Waals surface area (Å²) in [6.45, 7) is 10.0. The van der Waals surface area contributed by atoms with Crippen molar-refractivity contribution in [1.82, 2.24) is 15.2 Å². The zero-order valence-electron chi connectivity index (χ0n) is 23.3. The Balaban J connectivity index is 1.48.